The average Bonchev–Trinajstić information content (AvgIpc) is 2.88. The number of hydrogen-bond donors (Lipinski definition) is 2. The maximum absolute atomic E-state index is 11.3. The van der Waals surface area contributed by atoms with E-state index in [9.17, 15) is 8.42 Å². The fourth-order valence-electron chi connectivity index (χ4n) is 3.00. The molecule has 24 heavy (non-hydrogen) atoms. The number of rotatable bonds is 5. The third-order valence-electron chi connectivity index (χ3n) is 4.58. The van der Waals surface area contributed by atoms with Gasteiger partial charge in [-0.3, -0.25) is 0 Å². The van der Waals surface area contributed by atoms with Crippen molar-refractivity contribution in [2.45, 2.75) is 36.8 Å². The second kappa shape index (κ2) is 6.55. The minimum absolute atomic E-state index is 0.0824. The number of nitrogens with two attached hydrogens (primary N) is 1. The monoisotopic (exact) mass is 346 g/mol. The van der Waals surface area contributed by atoms with Gasteiger partial charge in [-0.1, -0.05) is 37.3 Å². The van der Waals surface area contributed by atoms with E-state index in [0.29, 0.717) is 12.5 Å². The minimum Gasteiger partial charge on any atom is -0.488 e. The highest BCUT2D eigenvalue weighted by atomic mass is 32.2. The molecule has 0 bridgehead atoms. The normalized spacial score (nSPS) is 21.1. The highest BCUT2D eigenvalue weighted by Gasteiger charge is 2.30. The molecule has 1 unspecified atom stereocenters. The molecule has 3 N–H and O–H groups in total. The van der Waals surface area contributed by atoms with Crippen molar-refractivity contribution in [3.63, 3.8) is 0 Å². The SMILES string of the molecule is CC(NC[C@H]1Oc2ccccc2[C@H]1C)c1ccc(S(N)(=O)=O)cc1. The molecule has 5 nitrogen and oxygen atoms in total. The highest BCUT2D eigenvalue weighted by molar-refractivity contribution is 7.89. The second-order valence-electron chi connectivity index (χ2n) is 6.23. The molecule has 2 aromatic carbocycles. The van der Waals surface area contributed by atoms with Crippen molar-refractivity contribution >= 4 is 10.0 Å². The van der Waals surface area contributed by atoms with Crippen LogP contribution in [-0.4, -0.2) is 21.1 Å². The van der Waals surface area contributed by atoms with Gasteiger partial charge in [-0.2, -0.15) is 0 Å². The Morgan fingerprint density at radius 2 is 1.83 bits per heavy atom. The van der Waals surface area contributed by atoms with Crippen molar-refractivity contribution in [2.75, 3.05) is 6.54 Å². The summed E-state index contributed by atoms with van der Waals surface area (Å²) in [6, 6.07) is 14.8. The van der Waals surface area contributed by atoms with Crippen LogP contribution in [0.5, 0.6) is 5.75 Å². The van der Waals surface area contributed by atoms with Gasteiger partial charge in [0.15, 0.2) is 0 Å². The predicted octanol–water partition coefficient (Wildman–Crippen LogP) is 2.55. The summed E-state index contributed by atoms with van der Waals surface area (Å²) in [5.74, 6) is 1.30. The number of benzene rings is 2. The molecule has 0 fully saturated rings. The fraction of sp³-hybridized carbons (Fsp3) is 0.333. The van der Waals surface area contributed by atoms with E-state index in [1.54, 1.807) is 12.1 Å². The molecule has 0 aliphatic carbocycles. The largest absolute Gasteiger partial charge is 0.488 e. The van der Waals surface area contributed by atoms with Gasteiger partial charge in [0.1, 0.15) is 11.9 Å². The van der Waals surface area contributed by atoms with Crippen molar-refractivity contribution in [3.8, 4) is 5.75 Å². The molecule has 3 atom stereocenters. The summed E-state index contributed by atoms with van der Waals surface area (Å²) >= 11 is 0. The van der Waals surface area contributed by atoms with Crippen LogP contribution in [0.4, 0.5) is 0 Å². The molecule has 128 valence electrons. The van der Waals surface area contributed by atoms with Gasteiger partial charge in [-0.05, 0) is 30.7 Å². The fourth-order valence-corrected chi connectivity index (χ4v) is 3.52. The minimum atomic E-state index is -3.65. The summed E-state index contributed by atoms with van der Waals surface area (Å²) in [6.45, 7) is 4.93. The summed E-state index contributed by atoms with van der Waals surface area (Å²) in [6.07, 6.45) is 0.0912. The Morgan fingerprint density at radius 3 is 2.46 bits per heavy atom. The lowest BCUT2D eigenvalue weighted by Crippen LogP contribution is -2.33. The van der Waals surface area contributed by atoms with E-state index in [4.69, 9.17) is 9.88 Å². The Labute approximate surface area is 142 Å². The summed E-state index contributed by atoms with van der Waals surface area (Å²) in [4.78, 5) is 0.127. The Bertz CT molecular complexity index is 818. The third-order valence-corrected chi connectivity index (χ3v) is 5.51. The van der Waals surface area contributed by atoms with E-state index in [-0.39, 0.29) is 17.0 Å². The number of primary sulfonamides is 1. The van der Waals surface area contributed by atoms with Crippen LogP contribution in [0.15, 0.2) is 53.4 Å². The molecule has 0 spiro atoms. The number of nitrogens with one attached hydrogen (secondary N) is 1. The van der Waals surface area contributed by atoms with Crippen LogP contribution in [0.2, 0.25) is 0 Å². The number of sulfonamides is 1. The Hall–Kier alpha value is -1.89. The molecule has 0 aromatic heterocycles. The van der Waals surface area contributed by atoms with Gasteiger partial charge in [0.25, 0.3) is 0 Å². The zero-order chi connectivity index (χ0) is 17.3. The molecule has 1 aliphatic heterocycles. The van der Waals surface area contributed by atoms with Gasteiger partial charge < -0.3 is 10.1 Å². The summed E-state index contributed by atoms with van der Waals surface area (Å²) < 4.78 is 28.6. The number of ether oxygens (including phenoxy) is 1. The third kappa shape index (κ3) is 3.45. The molecule has 0 saturated heterocycles. The lowest BCUT2D eigenvalue weighted by molar-refractivity contribution is 0.202. The van der Waals surface area contributed by atoms with E-state index in [1.165, 1.54) is 17.7 Å². The summed E-state index contributed by atoms with van der Waals surface area (Å²) in [5, 5.41) is 8.58. The quantitative estimate of drug-likeness (QED) is 0.872. The predicted molar refractivity (Wildman–Crippen MR) is 93.5 cm³/mol. The Balaban J connectivity index is 1.61. The van der Waals surface area contributed by atoms with Crippen molar-refractivity contribution in [1.29, 1.82) is 0 Å². The smallest absolute Gasteiger partial charge is 0.238 e. The van der Waals surface area contributed by atoms with Crippen molar-refractivity contribution in [2.24, 2.45) is 5.14 Å². The molecule has 6 heteroatoms. The topological polar surface area (TPSA) is 81.4 Å². The molecule has 0 amide bonds. The standard InChI is InChI=1S/C18H22N2O3S/c1-12-16-5-3-4-6-17(16)23-18(12)11-20-13(2)14-7-9-15(10-8-14)24(19,21)22/h3-10,12-13,18,20H,11H2,1-2H3,(H2,19,21,22)/t12-,13?,18-/m1/s1. The average molecular weight is 346 g/mol. The first kappa shape index (κ1) is 17.0. The van der Waals surface area contributed by atoms with Gasteiger partial charge in [0.2, 0.25) is 10.0 Å². The first-order valence-electron chi connectivity index (χ1n) is 7.98. The Morgan fingerprint density at radius 1 is 1.17 bits per heavy atom. The van der Waals surface area contributed by atoms with Crippen molar-refractivity contribution in [3.05, 3.63) is 59.7 Å². The van der Waals surface area contributed by atoms with E-state index < -0.39 is 10.0 Å². The molecular formula is C18H22N2O3S. The highest BCUT2D eigenvalue weighted by Crippen LogP contribution is 2.37. The van der Waals surface area contributed by atoms with Crippen molar-refractivity contribution in [1.82, 2.24) is 5.32 Å². The first-order valence-corrected chi connectivity index (χ1v) is 9.52. The van der Waals surface area contributed by atoms with Crippen LogP contribution in [0.1, 0.15) is 36.9 Å². The van der Waals surface area contributed by atoms with Crippen molar-refractivity contribution < 1.29 is 13.2 Å². The maximum atomic E-state index is 11.3. The van der Waals surface area contributed by atoms with Gasteiger partial charge in [-0.25, -0.2) is 13.6 Å². The van der Waals surface area contributed by atoms with E-state index in [2.05, 4.69) is 18.3 Å². The first-order chi connectivity index (χ1) is 11.4. The molecular weight excluding hydrogens is 324 g/mol. The summed E-state index contributed by atoms with van der Waals surface area (Å²) in [5.41, 5.74) is 2.25. The number of hydrogen-bond acceptors (Lipinski definition) is 4. The van der Waals surface area contributed by atoms with Gasteiger partial charge in [0.05, 0.1) is 4.90 Å². The van der Waals surface area contributed by atoms with Crippen LogP contribution < -0.4 is 15.2 Å². The van der Waals surface area contributed by atoms with Crippen LogP contribution >= 0.6 is 0 Å². The van der Waals surface area contributed by atoms with Gasteiger partial charge in [-0.15, -0.1) is 0 Å². The molecule has 0 saturated carbocycles. The van der Waals surface area contributed by atoms with E-state index in [1.807, 2.05) is 25.1 Å². The molecule has 1 heterocycles. The Kier molecular flexibility index (Phi) is 4.62. The zero-order valence-corrected chi connectivity index (χ0v) is 14.6. The molecule has 2 aromatic rings. The molecule has 0 radical (unpaired) electrons. The lowest BCUT2D eigenvalue weighted by atomic mass is 9.97. The van der Waals surface area contributed by atoms with Gasteiger partial charge in [0, 0.05) is 24.1 Å². The molecule has 3 rings (SSSR count). The van der Waals surface area contributed by atoms with Crippen LogP contribution in [0, 0.1) is 0 Å². The van der Waals surface area contributed by atoms with Crippen LogP contribution in [-0.2, 0) is 10.0 Å². The number of fused-ring (bicyclic) bond motifs is 1. The lowest BCUT2D eigenvalue weighted by Gasteiger charge is -2.20. The van der Waals surface area contributed by atoms with E-state index >= 15 is 0 Å². The van der Waals surface area contributed by atoms with Crippen LogP contribution in [0.3, 0.4) is 0 Å². The van der Waals surface area contributed by atoms with Gasteiger partial charge >= 0.3 is 0 Å². The summed E-state index contributed by atoms with van der Waals surface area (Å²) in [7, 11) is -3.65. The zero-order valence-electron chi connectivity index (χ0n) is 13.8. The number of para-hydroxylation sites is 1. The second-order valence-corrected chi connectivity index (χ2v) is 7.79. The maximum Gasteiger partial charge on any atom is 0.238 e. The van der Waals surface area contributed by atoms with E-state index in [0.717, 1.165) is 11.3 Å². The molecule has 1 aliphatic rings. The van der Waals surface area contributed by atoms with Crippen LogP contribution in [0.25, 0.3) is 0 Å².